The Labute approximate surface area is 131 Å². The average Bonchev–Trinajstić information content (AvgIpc) is 3.04. The van der Waals surface area contributed by atoms with Crippen molar-refractivity contribution in [3.63, 3.8) is 0 Å². The van der Waals surface area contributed by atoms with Crippen LogP contribution in [0, 0.1) is 18.8 Å². The molecule has 1 saturated carbocycles. The summed E-state index contributed by atoms with van der Waals surface area (Å²) >= 11 is 0. The van der Waals surface area contributed by atoms with Gasteiger partial charge in [-0.1, -0.05) is 30.3 Å². The van der Waals surface area contributed by atoms with Crippen molar-refractivity contribution in [1.82, 2.24) is 4.98 Å². The number of hydrogen-bond acceptors (Lipinski definition) is 3. The number of aliphatic hydroxyl groups is 1. The Balaban J connectivity index is 1.53. The number of hydrogen-bond donors (Lipinski definition) is 1. The molecule has 2 aliphatic rings. The molecule has 2 atom stereocenters. The maximum absolute atomic E-state index is 11.2. The molecule has 0 bridgehead atoms. The standard InChI is InChI=1S/C19H22N2O/c1-14-6-2-3-7-17(14)19(22)10-15-12-21(13-16(15)11-19)18-8-4-5-9-20-18/h2-9,15-16,22H,10-13H2,1H3. The van der Waals surface area contributed by atoms with Crippen LogP contribution >= 0.6 is 0 Å². The second-order valence-electron chi connectivity index (χ2n) is 6.87. The zero-order valence-electron chi connectivity index (χ0n) is 12.9. The van der Waals surface area contributed by atoms with Crippen LogP contribution in [0.3, 0.4) is 0 Å². The SMILES string of the molecule is Cc1ccccc1C1(O)CC2CN(c3ccccn3)CC2C1. The van der Waals surface area contributed by atoms with E-state index in [0.29, 0.717) is 11.8 Å². The summed E-state index contributed by atoms with van der Waals surface area (Å²) in [5.41, 5.74) is 1.68. The maximum atomic E-state index is 11.2. The number of pyridine rings is 1. The average molecular weight is 294 g/mol. The van der Waals surface area contributed by atoms with E-state index in [-0.39, 0.29) is 0 Å². The molecular formula is C19H22N2O. The first-order valence-corrected chi connectivity index (χ1v) is 8.10. The van der Waals surface area contributed by atoms with Crippen molar-refractivity contribution in [2.45, 2.75) is 25.4 Å². The minimum absolute atomic E-state index is 0.562. The second kappa shape index (κ2) is 5.10. The predicted molar refractivity (Wildman–Crippen MR) is 87.7 cm³/mol. The van der Waals surface area contributed by atoms with Crippen LogP contribution in [0.1, 0.15) is 24.0 Å². The molecule has 3 heteroatoms. The van der Waals surface area contributed by atoms with Crippen LogP contribution in [0.15, 0.2) is 48.7 Å². The monoisotopic (exact) mass is 294 g/mol. The molecule has 1 saturated heterocycles. The number of rotatable bonds is 2. The molecule has 22 heavy (non-hydrogen) atoms. The lowest BCUT2D eigenvalue weighted by atomic mass is 9.87. The fourth-order valence-electron chi connectivity index (χ4n) is 4.39. The highest BCUT2D eigenvalue weighted by Gasteiger charge is 2.49. The van der Waals surface area contributed by atoms with Crippen molar-refractivity contribution < 1.29 is 5.11 Å². The molecular weight excluding hydrogens is 272 g/mol. The van der Waals surface area contributed by atoms with E-state index < -0.39 is 5.60 Å². The molecule has 2 aromatic rings. The highest BCUT2D eigenvalue weighted by Crippen LogP contribution is 2.50. The van der Waals surface area contributed by atoms with Crippen molar-refractivity contribution >= 4 is 5.82 Å². The van der Waals surface area contributed by atoms with Gasteiger partial charge < -0.3 is 10.0 Å². The van der Waals surface area contributed by atoms with E-state index in [1.807, 2.05) is 30.5 Å². The summed E-state index contributed by atoms with van der Waals surface area (Å²) in [6.07, 6.45) is 3.59. The van der Waals surface area contributed by atoms with Gasteiger partial charge in [0.2, 0.25) is 0 Å². The van der Waals surface area contributed by atoms with Crippen LogP contribution in [-0.4, -0.2) is 23.2 Å². The number of nitrogens with zero attached hydrogens (tertiary/aromatic N) is 2. The lowest BCUT2D eigenvalue weighted by Gasteiger charge is -2.28. The zero-order chi connectivity index (χ0) is 15.2. The quantitative estimate of drug-likeness (QED) is 0.924. The van der Waals surface area contributed by atoms with Gasteiger partial charge in [-0.2, -0.15) is 0 Å². The topological polar surface area (TPSA) is 36.4 Å². The van der Waals surface area contributed by atoms with E-state index in [1.165, 1.54) is 5.56 Å². The van der Waals surface area contributed by atoms with Gasteiger partial charge in [0.1, 0.15) is 5.82 Å². The van der Waals surface area contributed by atoms with Crippen molar-refractivity contribution in [2.24, 2.45) is 11.8 Å². The minimum Gasteiger partial charge on any atom is -0.385 e. The summed E-state index contributed by atoms with van der Waals surface area (Å²) in [7, 11) is 0. The summed E-state index contributed by atoms with van der Waals surface area (Å²) in [4.78, 5) is 6.83. The molecule has 0 radical (unpaired) electrons. The Bertz CT molecular complexity index is 656. The fraction of sp³-hybridized carbons (Fsp3) is 0.421. The number of fused-ring (bicyclic) bond motifs is 1. The molecule has 1 N–H and O–H groups in total. The molecule has 3 nitrogen and oxygen atoms in total. The molecule has 0 amide bonds. The van der Waals surface area contributed by atoms with Gasteiger partial charge in [-0.25, -0.2) is 4.98 Å². The molecule has 1 aliphatic carbocycles. The van der Waals surface area contributed by atoms with Crippen LogP contribution in [-0.2, 0) is 5.60 Å². The van der Waals surface area contributed by atoms with E-state index in [0.717, 1.165) is 37.3 Å². The van der Waals surface area contributed by atoms with Crippen LogP contribution in [0.4, 0.5) is 5.82 Å². The summed E-state index contributed by atoms with van der Waals surface area (Å²) in [5.74, 6) is 2.19. The number of aryl methyl sites for hydroxylation is 1. The van der Waals surface area contributed by atoms with Gasteiger partial charge in [0.25, 0.3) is 0 Å². The fourth-order valence-corrected chi connectivity index (χ4v) is 4.39. The van der Waals surface area contributed by atoms with Crippen molar-refractivity contribution in [3.05, 3.63) is 59.8 Å². The molecule has 1 aromatic heterocycles. The molecule has 4 rings (SSSR count). The van der Waals surface area contributed by atoms with Crippen LogP contribution in [0.2, 0.25) is 0 Å². The highest BCUT2D eigenvalue weighted by molar-refractivity contribution is 5.41. The lowest BCUT2D eigenvalue weighted by molar-refractivity contribution is 0.0359. The third kappa shape index (κ3) is 2.20. The zero-order valence-corrected chi connectivity index (χ0v) is 12.9. The largest absolute Gasteiger partial charge is 0.385 e. The number of anilines is 1. The normalized spacial score (nSPS) is 30.5. The molecule has 2 unspecified atom stereocenters. The van der Waals surface area contributed by atoms with Crippen LogP contribution < -0.4 is 4.90 Å². The van der Waals surface area contributed by atoms with E-state index in [2.05, 4.69) is 35.0 Å². The second-order valence-corrected chi connectivity index (χ2v) is 6.87. The molecule has 114 valence electrons. The van der Waals surface area contributed by atoms with E-state index in [4.69, 9.17) is 0 Å². The van der Waals surface area contributed by atoms with Crippen molar-refractivity contribution in [2.75, 3.05) is 18.0 Å². The van der Waals surface area contributed by atoms with Crippen molar-refractivity contribution in [3.8, 4) is 0 Å². The number of benzene rings is 1. The third-order valence-corrected chi connectivity index (χ3v) is 5.40. The first kappa shape index (κ1) is 13.8. The summed E-state index contributed by atoms with van der Waals surface area (Å²) in [6.45, 7) is 4.12. The first-order valence-electron chi connectivity index (χ1n) is 8.10. The molecule has 2 heterocycles. The Kier molecular flexibility index (Phi) is 3.19. The lowest BCUT2D eigenvalue weighted by Crippen LogP contribution is -2.29. The summed E-state index contributed by atoms with van der Waals surface area (Å²) in [6, 6.07) is 14.3. The van der Waals surface area contributed by atoms with Gasteiger partial charge in [-0.3, -0.25) is 0 Å². The van der Waals surface area contributed by atoms with Crippen LogP contribution in [0.25, 0.3) is 0 Å². The Hall–Kier alpha value is -1.87. The summed E-state index contributed by atoms with van der Waals surface area (Å²) in [5, 5.41) is 11.2. The Morgan fingerprint density at radius 3 is 2.36 bits per heavy atom. The highest BCUT2D eigenvalue weighted by atomic mass is 16.3. The van der Waals surface area contributed by atoms with Gasteiger partial charge in [0, 0.05) is 19.3 Å². The predicted octanol–water partition coefficient (Wildman–Crippen LogP) is 3.12. The van der Waals surface area contributed by atoms with E-state index in [9.17, 15) is 5.11 Å². The van der Waals surface area contributed by atoms with E-state index in [1.54, 1.807) is 0 Å². The van der Waals surface area contributed by atoms with Gasteiger partial charge in [-0.15, -0.1) is 0 Å². The smallest absolute Gasteiger partial charge is 0.128 e. The van der Waals surface area contributed by atoms with Crippen LogP contribution in [0.5, 0.6) is 0 Å². The molecule has 0 spiro atoms. The maximum Gasteiger partial charge on any atom is 0.128 e. The number of aromatic nitrogens is 1. The minimum atomic E-state index is -0.642. The summed E-state index contributed by atoms with van der Waals surface area (Å²) < 4.78 is 0. The van der Waals surface area contributed by atoms with E-state index >= 15 is 0 Å². The molecule has 1 aliphatic heterocycles. The van der Waals surface area contributed by atoms with Crippen molar-refractivity contribution in [1.29, 1.82) is 0 Å². The Morgan fingerprint density at radius 1 is 1.05 bits per heavy atom. The van der Waals surface area contributed by atoms with Gasteiger partial charge in [0.15, 0.2) is 0 Å². The Morgan fingerprint density at radius 2 is 1.73 bits per heavy atom. The molecule has 2 fully saturated rings. The van der Waals surface area contributed by atoms with Gasteiger partial charge >= 0.3 is 0 Å². The molecule has 1 aromatic carbocycles. The third-order valence-electron chi connectivity index (χ3n) is 5.40. The van der Waals surface area contributed by atoms with Gasteiger partial charge in [0.05, 0.1) is 5.60 Å². The van der Waals surface area contributed by atoms with Gasteiger partial charge in [-0.05, 0) is 54.9 Å². The first-order chi connectivity index (χ1) is 10.7.